The number of thiophene rings is 1. The summed E-state index contributed by atoms with van der Waals surface area (Å²) in [7, 11) is 3.39. The van der Waals surface area contributed by atoms with Gasteiger partial charge in [-0.2, -0.15) is 0 Å². The summed E-state index contributed by atoms with van der Waals surface area (Å²) in [4.78, 5) is 30.8. The Morgan fingerprint density at radius 1 is 0.969 bits per heavy atom. The molecule has 1 amide bonds. The van der Waals surface area contributed by atoms with Crippen LogP contribution >= 0.6 is 11.3 Å². The minimum absolute atomic E-state index is 0.0741. The van der Waals surface area contributed by atoms with E-state index < -0.39 is 0 Å². The van der Waals surface area contributed by atoms with Crippen LogP contribution < -0.4 is 19.7 Å². The molecule has 336 valence electrons. The first-order chi connectivity index (χ1) is 31.7. The number of ether oxygens (including phenoxy) is 2. The van der Waals surface area contributed by atoms with Crippen molar-refractivity contribution in [2.45, 2.75) is 109 Å². The second-order valence-corrected chi connectivity index (χ2v) is 19.4. The molecule has 2 aliphatic heterocycles. The predicted molar refractivity (Wildman–Crippen MR) is 252 cm³/mol. The molecule has 0 bridgehead atoms. The van der Waals surface area contributed by atoms with Crippen molar-refractivity contribution in [3.8, 4) is 16.5 Å². The maximum Gasteiger partial charge on any atom is 0.272 e. The van der Waals surface area contributed by atoms with E-state index in [2.05, 4.69) is 83.3 Å². The average molecular weight is 893 g/mol. The Morgan fingerprint density at radius 2 is 1.78 bits per heavy atom. The normalized spacial score (nSPS) is 23.0. The van der Waals surface area contributed by atoms with E-state index in [-0.39, 0.29) is 29.5 Å². The highest BCUT2D eigenvalue weighted by Gasteiger charge is 2.42. The first kappa shape index (κ1) is 42.7. The van der Waals surface area contributed by atoms with Gasteiger partial charge in [0.2, 0.25) is 0 Å². The van der Waals surface area contributed by atoms with Crippen molar-refractivity contribution in [1.82, 2.24) is 35.3 Å². The van der Waals surface area contributed by atoms with Crippen LogP contribution in [0, 0.1) is 26.2 Å². The molecule has 4 aromatic heterocycles. The minimum atomic E-state index is -0.293. The van der Waals surface area contributed by atoms with E-state index >= 15 is 0 Å². The first-order valence-electron chi connectivity index (χ1n) is 22.9. The maximum atomic E-state index is 13.3. The highest BCUT2D eigenvalue weighted by molar-refractivity contribution is 7.15. The van der Waals surface area contributed by atoms with E-state index in [0.29, 0.717) is 23.9 Å². The zero-order valence-corrected chi connectivity index (χ0v) is 38.6. The highest BCUT2D eigenvalue weighted by Crippen LogP contribution is 2.49. The number of nitrogens with one attached hydrogen (secondary N) is 1. The number of aryl methyl sites for hydroxylation is 2. The number of carbonyl (C=O) groups is 1. The van der Waals surface area contributed by atoms with E-state index in [1.807, 2.05) is 37.3 Å². The Morgan fingerprint density at radius 3 is 2.51 bits per heavy atom. The molecule has 2 aliphatic carbocycles. The number of hydrogen-bond donors (Lipinski definition) is 1. The number of hydrogen-bond acceptors (Lipinski definition) is 13. The van der Waals surface area contributed by atoms with Crippen LogP contribution in [0.2, 0.25) is 0 Å². The van der Waals surface area contributed by atoms with Crippen LogP contribution in [-0.4, -0.2) is 87.2 Å². The highest BCUT2D eigenvalue weighted by atomic mass is 32.1. The molecule has 10 rings (SSSR count). The molecule has 1 atom stereocenters. The molecular formula is C50H56N10O4S. The Bertz CT molecular complexity index is 2710. The van der Waals surface area contributed by atoms with Gasteiger partial charge in [0.15, 0.2) is 23.2 Å². The zero-order chi connectivity index (χ0) is 44.7. The van der Waals surface area contributed by atoms with Gasteiger partial charge in [-0.1, -0.05) is 24.3 Å². The van der Waals surface area contributed by atoms with Crippen molar-refractivity contribution in [3.63, 3.8) is 0 Å². The van der Waals surface area contributed by atoms with Gasteiger partial charge >= 0.3 is 0 Å². The molecule has 4 aliphatic rings. The largest absolute Gasteiger partial charge is 0.496 e. The average Bonchev–Trinajstić information content (AvgIpc) is 4.13. The SMILES string of the molecule is CN=Cc1ccc(OC2CCC(NC(=O)c3ccc(N4CCC5(CCC(c6ccc(C7=N[C@@H](Cc8ncco8)c8nnc(C)n8-c8sc(C)c(C)c87)cc6)CC5)C4)nn3)CC2)cc1OC. The molecule has 65 heavy (non-hydrogen) atoms. The summed E-state index contributed by atoms with van der Waals surface area (Å²) >= 11 is 1.77. The van der Waals surface area contributed by atoms with E-state index in [1.165, 1.54) is 28.8 Å². The lowest BCUT2D eigenvalue weighted by Gasteiger charge is -2.37. The summed E-state index contributed by atoms with van der Waals surface area (Å²) in [5.74, 6) is 4.98. The van der Waals surface area contributed by atoms with Gasteiger partial charge < -0.3 is 24.1 Å². The zero-order valence-electron chi connectivity index (χ0n) is 37.8. The van der Waals surface area contributed by atoms with Crippen LogP contribution in [0.4, 0.5) is 5.82 Å². The van der Waals surface area contributed by atoms with Crippen LogP contribution in [0.5, 0.6) is 11.5 Å². The predicted octanol–water partition coefficient (Wildman–Crippen LogP) is 8.90. The van der Waals surface area contributed by atoms with Crippen molar-refractivity contribution in [1.29, 1.82) is 0 Å². The second kappa shape index (κ2) is 18.0. The lowest BCUT2D eigenvalue weighted by molar-refractivity contribution is 0.0888. The summed E-state index contributed by atoms with van der Waals surface area (Å²) in [5, 5.41) is 22.4. The molecule has 3 fully saturated rings. The van der Waals surface area contributed by atoms with Crippen LogP contribution in [0.3, 0.4) is 0 Å². The molecule has 2 saturated carbocycles. The van der Waals surface area contributed by atoms with Gasteiger partial charge in [0.1, 0.15) is 34.6 Å². The molecule has 0 unspecified atom stereocenters. The topological polar surface area (TPSA) is 158 Å². The Kier molecular flexibility index (Phi) is 11.8. The third-order valence-corrected chi connectivity index (χ3v) is 15.4. The quantitative estimate of drug-likeness (QED) is 0.125. The number of rotatable bonds is 11. The van der Waals surface area contributed by atoms with Gasteiger partial charge in [-0.25, -0.2) is 4.98 Å². The Labute approximate surface area is 383 Å². The molecule has 2 aromatic carbocycles. The van der Waals surface area contributed by atoms with Crippen molar-refractivity contribution in [2.75, 3.05) is 32.1 Å². The molecule has 1 spiro atoms. The van der Waals surface area contributed by atoms with Gasteiger partial charge in [-0.05, 0) is 125 Å². The van der Waals surface area contributed by atoms with Crippen LogP contribution in [-0.2, 0) is 6.42 Å². The number of fused-ring (bicyclic) bond motifs is 3. The third-order valence-electron chi connectivity index (χ3n) is 14.2. The fourth-order valence-electron chi connectivity index (χ4n) is 10.5. The number of amides is 1. The molecule has 6 heterocycles. The molecule has 14 nitrogen and oxygen atoms in total. The second-order valence-electron chi connectivity index (χ2n) is 18.2. The molecule has 15 heteroatoms. The fourth-order valence-corrected chi connectivity index (χ4v) is 11.7. The van der Waals surface area contributed by atoms with Crippen molar-refractivity contribution in [2.24, 2.45) is 15.4 Å². The fraction of sp³-hybridized carbons (Fsp3) is 0.440. The molecular weight excluding hydrogens is 837 g/mol. The number of aromatic nitrogens is 6. The summed E-state index contributed by atoms with van der Waals surface area (Å²) in [6, 6.07) is 18.6. The maximum absolute atomic E-state index is 13.3. The van der Waals surface area contributed by atoms with Gasteiger partial charge in [0, 0.05) is 60.0 Å². The Balaban J connectivity index is 0.736. The van der Waals surface area contributed by atoms with Gasteiger partial charge in [0.25, 0.3) is 5.91 Å². The number of benzene rings is 2. The Hall–Kier alpha value is -6.22. The van der Waals surface area contributed by atoms with E-state index in [9.17, 15) is 4.79 Å². The molecule has 0 radical (unpaired) electrons. The standard InChI is InChI=1S/C50H56N10O4S/c1-30-31(2)65-49-45(30)46(54-41(27-44-52-23-25-63-44)47-58-55-32(3)60(47)49)35-8-6-33(7-9-35)34-18-20-50(21-19-34)22-24-59(29-50)43-17-16-40(56-57-43)48(61)53-37-11-14-38(15-12-37)64-39-13-10-36(28-51-4)42(26-39)62-5/h6-10,13,16-17,23,25-26,28,34,37-38,41H,11-12,14-15,18-22,24,27,29H2,1-5H3,(H,53,61)/t34?,37?,38?,41-,50?/m0/s1. The van der Waals surface area contributed by atoms with Crippen LogP contribution in [0.1, 0.15) is 130 Å². The van der Waals surface area contributed by atoms with Gasteiger partial charge in [0.05, 0.1) is 31.5 Å². The van der Waals surface area contributed by atoms with Gasteiger partial charge in [-0.15, -0.1) is 31.7 Å². The molecule has 1 N–H and O–H groups in total. The monoisotopic (exact) mass is 892 g/mol. The van der Waals surface area contributed by atoms with Crippen molar-refractivity contribution in [3.05, 3.63) is 123 Å². The summed E-state index contributed by atoms with van der Waals surface area (Å²) < 4.78 is 19.7. The van der Waals surface area contributed by atoms with Crippen molar-refractivity contribution >= 4 is 35.0 Å². The van der Waals surface area contributed by atoms with E-state index in [1.54, 1.807) is 44.2 Å². The van der Waals surface area contributed by atoms with E-state index in [4.69, 9.17) is 18.9 Å². The number of methoxy groups -OCH3 is 1. The first-order valence-corrected chi connectivity index (χ1v) is 23.7. The number of aliphatic imine (C=N–C) groups is 2. The third kappa shape index (κ3) is 8.58. The molecule has 1 saturated heterocycles. The number of nitrogens with zero attached hydrogens (tertiary/aromatic N) is 9. The van der Waals surface area contributed by atoms with E-state index in [0.717, 1.165) is 114 Å². The smallest absolute Gasteiger partial charge is 0.272 e. The van der Waals surface area contributed by atoms with Crippen LogP contribution in [0.25, 0.3) is 5.00 Å². The number of oxazole rings is 1. The van der Waals surface area contributed by atoms with Crippen molar-refractivity contribution < 1.29 is 18.7 Å². The number of anilines is 1. The summed E-state index contributed by atoms with van der Waals surface area (Å²) in [6.45, 7) is 8.30. The lowest BCUT2D eigenvalue weighted by atomic mass is 9.68. The van der Waals surface area contributed by atoms with Gasteiger partial charge in [-0.3, -0.25) is 19.3 Å². The molecule has 6 aromatic rings. The summed E-state index contributed by atoms with van der Waals surface area (Å²) in [5.41, 5.74) is 7.39. The minimum Gasteiger partial charge on any atom is -0.496 e. The number of carbonyl (C=O) groups excluding carboxylic acids is 1. The van der Waals surface area contributed by atoms with Crippen LogP contribution in [0.15, 0.2) is 81.5 Å². The summed E-state index contributed by atoms with van der Waals surface area (Å²) in [6.07, 6.45) is 14.8. The lowest BCUT2D eigenvalue weighted by Crippen LogP contribution is -2.40.